The van der Waals surface area contributed by atoms with Crippen molar-refractivity contribution in [3.8, 4) is 23.5 Å². The zero-order chi connectivity index (χ0) is 24.4. The van der Waals surface area contributed by atoms with Gasteiger partial charge in [0, 0.05) is 24.1 Å². The Labute approximate surface area is 188 Å². The molecule has 2 aromatic rings. The summed E-state index contributed by atoms with van der Waals surface area (Å²) in [5.74, 6) is -0.263. The van der Waals surface area contributed by atoms with Crippen molar-refractivity contribution >= 4 is 14.0 Å². The summed E-state index contributed by atoms with van der Waals surface area (Å²) in [6, 6.07) is 7.30. The average Bonchev–Trinajstić information content (AvgIpc) is 2.73. The molecule has 0 spiro atoms. The smallest absolute Gasteiger partial charge is 0.335 e. The maximum absolute atomic E-state index is 13.6. The topological polar surface area (TPSA) is 96.7 Å². The minimum absolute atomic E-state index is 0.0145. The highest BCUT2D eigenvalue weighted by Crippen LogP contribution is 2.54. The third-order valence-corrected chi connectivity index (χ3v) is 7.43. The molecule has 6 nitrogen and oxygen atoms in total. The van der Waals surface area contributed by atoms with E-state index in [1.807, 2.05) is 27.7 Å². The summed E-state index contributed by atoms with van der Waals surface area (Å²) in [6.45, 7) is 8.81. The van der Waals surface area contributed by atoms with Gasteiger partial charge in [-0.15, -0.1) is 6.42 Å². The van der Waals surface area contributed by atoms with Crippen LogP contribution in [-0.4, -0.2) is 33.4 Å². The molecule has 0 bridgehead atoms. The van der Waals surface area contributed by atoms with Gasteiger partial charge in [0.25, 0.3) is 0 Å². The van der Waals surface area contributed by atoms with Gasteiger partial charge in [-0.2, -0.15) is 0 Å². The van der Waals surface area contributed by atoms with E-state index in [9.17, 15) is 24.0 Å². The van der Waals surface area contributed by atoms with Crippen LogP contribution in [0.5, 0.6) is 0 Å². The molecule has 3 atom stereocenters. The molecule has 0 aliphatic carbocycles. The van der Waals surface area contributed by atoms with Gasteiger partial charge in [0.05, 0.1) is 0 Å². The molecule has 0 amide bonds. The summed E-state index contributed by atoms with van der Waals surface area (Å²) < 4.78 is 31.4. The number of hydrogen-bond donors (Lipinski definition) is 2. The second kappa shape index (κ2) is 9.54. The molecule has 8 heteroatoms. The Balaban J connectivity index is 3.09. The highest BCUT2D eigenvalue weighted by Gasteiger charge is 2.60. The molecule has 1 aromatic carbocycles. The largest absolute Gasteiger partial charge is 0.480 e. The predicted molar refractivity (Wildman–Crippen MR) is 123 cm³/mol. The van der Waals surface area contributed by atoms with Gasteiger partial charge < -0.3 is 14.7 Å². The lowest BCUT2D eigenvalue weighted by molar-refractivity contribution is -0.145. The lowest BCUT2D eigenvalue weighted by Crippen LogP contribution is -2.53. The Morgan fingerprint density at radius 2 is 1.78 bits per heavy atom. The van der Waals surface area contributed by atoms with Crippen LogP contribution in [0.15, 0.2) is 30.3 Å². The van der Waals surface area contributed by atoms with Crippen LogP contribution in [-0.2, 0) is 19.5 Å². The number of nitrogens with zero attached hydrogens (tertiary/aromatic N) is 1. The van der Waals surface area contributed by atoms with E-state index in [-0.39, 0.29) is 17.4 Å². The Bertz CT molecular complexity index is 1070. The summed E-state index contributed by atoms with van der Waals surface area (Å²) in [5.41, 5.74) is -0.142. The van der Waals surface area contributed by atoms with Gasteiger partial charge in [0.15, 0.2) is 0 Å². The average molecular weight is 461 g/mol. The molecule has 1 aromatic heterocycles. The zero-order valence-electron chi connectivity index (χ0n) is 19.1. The summed E-state index contributed by atoms with van der Waals surface area (Å²) in [7, 11) is -2.40. The third kappa shape index (κ3) is 4.23. The van der Waals surface area contributed by atoms with E-state index in [2.05, 4.69) is 5.92 Å². The number of aliphatic hydroxyl groups is 1. The van der Waals surface area contributed by atoms with Crippen LogP contribution in [0.1, 0.15) is 63.4 Å². The number of benzene rings is 1. The van der Waals surface area contributed by atoms with Crippen LogP contribution in [0.25, 0.3) is 11.1 Å². The molecule has 1 heterocycles. The fraction of sp³-hybridized carbons (Fsp3) is 0.417. The normalized spacial score (nSPS) is 16.3. The van der Waals surface area contributed by atoms with Gasteiger partial charge in [-0.1, -0.05) is 45.7 Å². The Morgan fingerprint density at radius 1 is 1.22 bits per heavy atom. The van der Waals surface area contributed by atoms with Crippen molar-refractivity contribution in [1.29, 1.82) is 0 Å². The van der Waals surface area contributed by atoms with Crippen LogP contribution in [0.2, 0.25) is 0 Å². The summed E-state index contributed by atoms with van der Waals surface area (Å²) in [6.07, 6.45) is 5.61. The van der Waals surface area contributed by atoms with Crippen molar-refractivity contribution in [2.24, 2.45) is 0 Å². The number of carboxylic acid groups (broad SMARTS) is 1. The van der Waals surface area contributed by atoms with Crippen LogP contribution in [0.4, 0.5) is 4.39 Å². The second-order valence-electron chi connectivity index (χ2n) is 8.43. The maximum atomic E-state index is 13.6. The lowest BCUT2D eigenvalue weighted by atomic mass is 9.76. The molecule has 0 aliphatic rings. The van der Waals surface area contributed by atoms with Gasteiger partial charge in [-0.25, -0.2) is 9.18 Å². The molecule has 0 radical (unpaired) electrons. The molecular weight excluding hydrogens is 432 g/mol. The standard InChI is InChI=1S/C24H29FNO5P/c1-8-24(22(27)28,32(30)31-7)23(6,29)20-18(16-9-11-17(25)12-10-16)13-19(14(2)3)26-21(20)15(4)5/h1,9-15,29,32H,2-7H3,(H,27,28). The van der Waals surface area contributed by atoms with E-state index in [1.54, 1.807) is 6.07 Å². The van der Waals surface area contributed by atoms with E-state index >= 15 is 0 Å². The molecule has 2 N–H and O–H groups in total. The molecule has 3 unspecified atom stereocenters. The fourth-order valence-electron chi connectivity index (χ4n) is 3.76. The molecular formula is C24H29FNO5P. The Morgan fingerprint density at radius 3 is 2.19 bits per heavy atom. The van der Waals surface area contributed by atoms with Crippen molar-refractivity contribution in [3.63, 3.8) is 0 Å². The van der Waals surface area contributed by atoms with Crippen molar-refractivity contribution in [3.05, 3.63) is 53.1 Å². The third-order valence-electron chi connectivity index (χ3n) is 5.61. The SMILES string of the molecule is C#CC(C(=O)O)([PH](=O)OC)C(C)(O)c1c(-c2ccc(F)cc2)cc(C(C)C)nc1C(C)C. The van der Waals surface area contributed by atoms with Gasteiger partial charge in [-0.05, 0) is 48.1 Å². The quantitative estimate of drug-likeness (QED) is 0.428. The van der Waals surface area contributed by atoms with E-state index in [0.29, 0.717) is 22.5 Å². The monoisotopic (exact) mass is 461 g/mol. The zero-order valence-corrected chi connectivity index (χ0v) is 20.1. The summed E-state index contributed by atoms with van der Waals surface area (Å²) >= 11 is 0. The number of aromatic nitrogens is 1. The first-order chi connectivity index (χ1) is 14.8. The van der Waals surface area contributed by atoms with Crippen molar-refractivity contribution < 1.29 is 28.5 Å². The van der Waals surface area contributed by atoms with E-state index in [4.69, 9.17) is 15.9 Å². The van der Waals surface area contributed by atoms with Gasteiger partial charge in [-0.3, -0.25) is 9.55 Å². The van der Waals surface area contributed by atoms with Crippen LogP contribution in [0, 0.1) is 18.2 Å². The first-order valence-corrected chi connectivity index (χ1v) is 11.5. The first kappa shape index (κ1) is 25.7. The van der Waals surface area contributed by atoms with Crippen molar-refractivity contribution in [2.75, 3.05) is 7.11 Å². The molecule has 172 valence electrons. The van der Waals surface area contributed by atoms with Crippen molar-refractivity contribution in [2.45, 2.75) is 57.2 Å². The number of carbonyl (C=O) groups is 1. The number of halogens is 1. The van der Waals surface area contributed by atoms with Gasteiger partial charge in [0.1, 0.15) is 11.4 Å². The molecule has 0 aliphatic heterocycles. The molecule has 2 rings (SSSR count). The molecule has 0 saturated carbocycles. The maximum Gasteiger partial charge on any atom is 0.335 e. The first-order valence-electron chi connectivity index (χ1n) is 10.2. The van der Waals surface area contributed by atoms with E-state index < -0.39 is 30.6 Å². The lowest BCUT2D eigenvalue weighted by Gasteiger charge is -2.40. The molecule has 0 saturated heterocycles. The summed E-state index contributed by atoms with van der Waals surface area (Å²) in [5, 5.41) is 19.3. The van der Waals surface area contributed by atoms with Gasteiger partial charge in [0.2, 0.25) is 13.2 Å². The highest BCUT2D eigenvalue weighted by molar-refractivity contribution is 7.43. The van der Waals surface area contributed by atoms with Gasteiger partial charge >= 0.3 is 5.97 Å². The van der Waals surface area contributed by atoms with Crippen LogP contribution >= 0.6 is 8.03 Å². The minimum Gasteiger partial charge on any atom is -0.480 e. The van der Waals surface area contributed by atoms with Crippen LogP contribution < -0.4 is 0 Å². The number of carboxylic acids is 1. The number of hydrogen-bond acceptors (Lipinski definition) is 5. The van der Waals surface area contributed by atoms with E-state index in [0.717, 1.165) is 7.11 Å². The Hall–Kier alpha value is -2.52. The Kier molecular flexibility index (Phi) is 7.67. The number of rotatable bonds is 8. The van der Waals surface area contributed by atoms with Crippen LogP contribution in [0.3, 0.4) is 0 Å². The second-order valence-corrected chi connectivity index (χ2v) is 10.2. The van der Waals surface area contributed by atoms with Crippen molar-refractivity contribution in [1.82, 2.24) is 4.98 Å². The highest BCUT2D eigenvalue weighted by atomic mass is 31.1. The fourth-order valence-corrected chi connectivity index (χ4v) is 4.88. The minimum atomic E-state index is -3.48. The number of aliphatic carboxylic acids is 1. The predicted octanol–water partition coefficient (Wildman–Crippen LogP) is 4.92. The van der Waals surface area contributed by atoms with E-state index in [1.165, 1.54) is 31.2 Å². The molecule has 0 fully saturated rings. The molecule has 32 heavy (non-hydrogen) atoms. The number of pyridine rings is 1. The summed E-state index contributed by atoms with van der Waals surface area (Å²) in [4.78, 5) is 17.1. The number of terminal acetylenes is 1.